The van der Waals surface area contributed by atoms with Gasteiger partial charge in [0.25, 0.3) is 5.69 Å². The topological polar surface area (TPSA) is 95.7 Å². The van der Waals surface area contributed by atoms with E-state index in [0.29, 0.717) is 25.2 Å². The Hall–Kier alpha value is -1.99. The normalized spacial score (nSPS) is 19.0. The summed E-state index contributed by atoms with van der Waals surface area (Å²) in [5.74, 6) is -0.234. The molecule has 1 saturated heterocycles. The van der Waals surface area contributed by atoms with E-state index in [9.17, 15) is 20.0 Å². The molecule has 1 fully saturated rings. The third-order valence-electron chi connectivity index (χ3n) is 3.32. The number of non-ortho nitro benzene ring substituents is 1. The summed E-state index contributed by atoms with van der Waals surface area (Å²) in [5.41, 5.74) is 1.16. The number of nitro groups is 1. The van der Waals surface area contributed by atoms with E-state index in [0.717, 1.165) is 5.56 Å². The maximum absolute atomic E-state index is 11.9. The van der Waals surface area contributed by atoms with Crippen LogP contribution in [-0.4, -0.2) is 46.6 Å². The van der Waals surface area contributed by atoms with Crippen molar-refractivity contribution in [2.45, 2.75) is 19.4 Å². The molecule has 1 aliphatic heterocycles. The number of aliphatic hydroxyl groups excluding tert-OH is 1. The Bertz CT molecular complexity index is 532. The fraction of sp³-hybridized carbons (Fsp3) is 0.462. The van der Waals surface area contributed by atoms with Crippen molar-refractivity contribution < 1.29 is 14.8 Å². The first-order valence-electron chi connectivity index (χ1n) is 6.41. The van der Waals surface area contributed by atoms with Gasteiger partial charge in [-0.05, 0) is 18.9 Å². The van der Waals surface area contributed by atoms with Crippen molar-refractivity contribution in [1.29, 1.82) is 0 Å². The summed E-state index contributed by atoms with van der Waals surface area (Å²) >= 11 is 0. The van der Waals surface area contributed by atoms with Gasteiger partial charge in [0.15, 0.2) is 0 Å². The largest absolute Gasteiger partial charge is 0.392 e. The summed E-state index contributed by atoms with van der Waals surface area (Å²) in [5, 5.41) is 22.8. The van der Waals surface area contributed by atoms with Gasteiger partial charge in [-0.2, -0.15) is 0 Å². The van der Waals surface area contributed by atoms with E-state index >= 15 is 0 Å². The number of nitro benzene ring substituents is 1. The van der Waals surface area contributed by atoms with Crippen LogP contribution in [0.2, 0.25) is 0 Å². The van der Waals surface area contributed by atoms with E-state index < -0.39 is 4.92 Å². The van der Waals surface area contributed by atoms with Gasteiger partial charge in [0.05, 0.1) is 23.3 Å². The highest BCUT2D eigenvalue weighted by molar-refractivity contribution is 5.93. The number of nitrogens with one attached hydrogen (secondary N) is 1. The van der Waals surface area contributed by atoms with E-state index in [2.05, 4.69) is 5.32 Å². The monoisotopic (exact) mass is 279 g/mol. The molecule has 1 aliphatic rings. The van der Waals surface area contributed by atoms with Gasteiger partial charge in [0.1, 0.15) is 0 Å². The minimum atomic E-state index is -0.494. The zero-order valence-electron chi connectivity index (χ0n) is 11.2. The lowest BCUT2D eigenvalue weighted by atomic mass is 10.2. The molecule has 0 spiro atoms. The summed E-state index contributed by atoms with van der Waals surface area (Å²) in [6.07, 6.45) is 0.297. The van der Waals surface area contributed by atoms with E-state index in [4.69, 9.17) is 0 Å². The number of benzene rings is 1. The number of likely N-dealkylation sites (tertiary alicyclic amines) is 1. The van der Waals surface area contributed by atoms with Crippen molar-refractivity contribution in [1.82, 2.24) is 4.90 Å². The quantitative estimate of drug-likeness (QED) is 0.631. The summed E-state index contributed by atoms with van der Waals surface area (Å²) < 4.78 is 0. The van der Waals surface area contributed by atoms with Crippen LogP contribution in [0.1, 0.15) is 12.0 Å². The van der Waals surface area contributed by atoms with Crippen molar-refractivity contribution in [3.63, 3.8) is 0 Å². The van der Waals surface area contributed by atoms with E-state index in [1.807, 2.05) is 4.90 Å². The molecule has 0 aliphatic carbocycles. The number of amides is 1. The van der Waals surface area contributed by atoms with Crippen LogP contribution in [-0.2, 0) is 4.79 Å². The predicted octanol–water partition coefficient (Wildman–Crippen LogP) is 0.908. The lowest BCUT2D eigenvalue weighted by Gasteiger charge is -2.15. The molecular formula is C13H17N3O4. The average molecular weight is 279 g/mol. The highest BCUT2D eigenvalue weighted by Gasteiger charge is 2.22. The maximum Gasteiger partial charge on any atom is 0.271 e. The molecule has 0 bridgehead atoms. The SMILES string of the molecule is Cc1ccc([N+](=O)[O-])cc1NC(=O)CN1CC[C@H](O)C1. The predicted molar refractivity (Wildman–Crippen MR) is 73.5 cm³/mol. The number of carbonyl (C=O) groups is 1. The number of β-amino-alcohol motifs (C(OH)–C–C–N with tert-alkyl or cyclic N) is 1. The minimum absolute atomic E-state index is 0.0532. The third-order valence-corrected chi connectivity index (χ3v) is 3.32. The molecular weight excluding hydrogens is 262 g/mol. The summed E-state index contributed by atoms with van der Waals surface area (Å²) in [6, 6.07) is 4.36. The Morgan fingerprint density at radius 1 is 1.60 bits per heavy atom. The lowest BCUT2D eigenvalue weighted by Crippen LogP contribution is -2.32. The number of hydrogen-bond acceptors (Lipinski definition) is 5. The molecule has 20 heavy (non-hydrogen) atoms. The summed E-state index contributed by atoms with van der Waals surface area (Å²) in [7, 11) is 0. The molecule has 2 N–H and O–H groups in total. The molecule has 0 unspecified atom stereocenters. The number of aryl methyl sites for hydroxylation is 1. The summed E-state index contributed by atoms with van der Waals surface area (Å²) in [6.45, 7) is 3.13. The average Bonchev–Trinajstić information content (AvgIpc) is 2.77. The van der Waals surface area contributed by atoms with Crippen LogP contribution in [0.3, 0.4) is 0 Å². The molecule has 0 saturated carbocycles. The van der Waals surface area contributed by atoms with E-state index in [-0.39, 0.29) is 24.2 Å². The Balaban J connectivity index is 2.00. The molecule has 7 nitrogen and oxygen atoms in total. The third kappa shape index (κ3) is 3.52. The Kier molecular flexibility index (Phi) is 4.31. The number of anilines is 1. The molecule has 2 rings (SSSR count). The number of aliphatic hydroxyl groups is 1. The van der Waals surface area contributed by atoms with E-state index in [1.165, 1.54) is 12.1 Å². The van der Waals surface area contributed by atoms with Gasteiger partial charge < -0.3 is 10.4 Å². The second-order valence-corrected chi connectivity index (χ2v) is 4.98. The highest BCUT2D eigenvalue weighted by Crippen LogP contribution is 2.21. The number of nitrogens with zero attached hydrogens (tertiary/aromatic N) is 2. The zero-order chi connectivity index (χ0) is 14.7. The second kappa shape index (κ2) is 5.98. The van der Waals surface area contributed by atoms with Crippen LogP contribution in [0, 0.1) is 17.0 Å². The van der Waals surface area contributed by atoms with Gasteiger partial charge >= 0.3 is 0 Å². The van der Waals surface area contributed by atoms with Crippen molar-refractivity contribution in [2.75, 3.05) is 25.0 Å². The van der Waals surface area contributed by atoms with Crippen LogP contribution in [0.15, 0.2) is 18.2 Å². The fourth-order valence-corrected chi connectivity index (χ4v) is 2.21. The molecule has 1 aromatic rings. The molecule has 1 aromatic carbocycles. The van der Waals surface area contributed by atoms with Crippen molar-refractivity contribution in [2.24, 2.45) is 0 Å². The molecule has 7 heteroatoms. The van der Waals surface area contributed by atoms with Crippen LogP contribution in [0.25, 0.3) is 0 Å². The molecule has 1 atom stereocenters. The first-order chi connectivity index (χ1) is 9.45. The van der Waals surface area contributed by atoms with Gasteiger partial charge in [-0.1, -0.05) is 6.07 Å². The number of carbonyl (C=O) groups excluding carboxylic acids is 1. The fourth-order valence-electron chi connectivity index (χ4n) is 2.21. The smallest absolute Gasteiger partial charge is 0.271 e. The van der Waals surface area contributed by atoms with E-state index in [1.54, 1.807) is 13.0 Å². The van der Waals surface area contributed by atoms with Crippen molar-refractivity contribution >= 4 is 17.3 Å². The lowest BCUT2D eigenvalue weighted by molar-refractivity contribution is -0.384. The van der Waals surface area contributed by atoms with Crippen LogP contribution in [0.5, 0.6) is 0 Å². The van der Waals surface area contributed by atoms with Crippen LogP contribution in [0.4, 0.5) is 11.4 Å². The van der Waals surface area contributed by atoms with Gasteiger partial charge in [0, 0.05) is 25.2 Å². The Morgan fingerprint density at radius 2 is 2.35 bits per heavy atom. The molecule has 1 heterocycles. The van der Waals surface area contributed by atoms with Crippen molar-refractivity contribution in [3.8, 4) is 0 Å². The number of hydrogen-bond donors (Lipinski definition) is 2. The molecule has 108 valence electrons. The molecule has 1 amide bonds. The standard InChI is InChI=1S/C13H17N3O4/c1-9-2-3-10(16(19)20)6-12(9)14-13(18)8-15-5-4-11(17)7-15/h2-3,6,11,17H,4-5,7-8H2,1H3,(H,14,18)/t11-/m0/s1. The first kappa shape index (κ1) is 14.4. The van der Waals surface area contributed by atoms with Crippen LogP contribution >= 0.6 is 0 Å². The second-order valence-electron chi connectivity index (χ2n) is 4.98. The first-order valence-corrected chi connectivity index (χ1v) is 6.41. The zero-order valence-corrected chi connectivity index (χ0v) is 11.2. The maximum atomic E-state index is 11.9. The van der Waals surface area contributed by atoms with Crippen LogP contribution < -0.4 is 5.32 Å². The van der Waals surface area contributed by atoms with Gasteiger partial charge in [-0.25, -0.2) is 0 Å². The van der Waals surface area contributed by atoms with Crippen molar-refractivity contribution in [3.05, 3.63) is 33.9 Å². The minimum Gasteiger partial charge on any atom is -0.392 e. The Morgan fingerprint density at radius 3 is 2.95 bits per heavy atom. The highest BCUT2D eigenvalue weighted by atomic mass is 16.6. The Labute approximate surface area is 116 Å². The van der Waals surface area contributed by atoms with Gasteiger partial charge in [-0.15, -0.1) is 0 Å². The number of rotatable bonds is 4. The van der Waals surface area contributed by atoms with Gasteiger partial charge in [-0.3, -0.25) is 19.8 Å². The molecule has 0 aromatic heterocycles. The molecule has 0 radical (unpaired) electrons. The van der Waals surface area contributed by atoms with Gasteiger partial charge in [0.2, 0.25) is 5.91 Å². The summed E-state index contributed by atoms with van der Waals surface area (Å²) in [4.78, 5) is 24.0.